The summed E-state index contributed by atoms with van der Waals surface area (Å²) in [6.07, 6.45) is -0.506. The summed E-state index contributed by atoms with van der Waals surface area (Å²) in [5, 5.41) is 10.2. The van der Waals surface area contributed by atoms with Crippen LogP contribution in [-0.4, -0.2) is 72.7 Å². The number of carbonyl (C=O) groups excluding carboxylic acids is 1. The number of rotatable bonds is 5. The van der Waals surface area contributed by atoms with Crippen molar-refractivity contribution in [3.05, 3.63) is 35.6 Å². The first kappa shape index (κ1) is 18.2. The van der Waals surface area contributed by atoms with Crippen molar-refractivity contribution in [2.75, 3.05) is 45.8 Å². The van der Waals surface area contributed by atoms with Crippen molar-refractivity contribution in [3.63, 3.8) is 0 Å². The van der Waals surface area contributed by atoms with E-state index in [1.54, 1.807) is 12.1 Å². The number of β-amino-alcohol motifs (C(OH)–C–C–N with tert-alkyl or cyclic N) is 1. The lowest BCUT2D eigenvalue weighted by atomic mass is 9.94. The number of benzene rings is 1. The Bertz CT molecular complexity index is 585. The predicted molar refractivity (Wildman–Crippen MR) is 91.9 cm³/mol. The van der Waals surface area contributed by atoms with Crippen molar-refractivity contribution in [3.8, 4) is 0 Å². The van der Waals surface area contributed by atoms with Crippen LogP contribution in [0.2, 0.25) is 0 Å². The monoisotopic (exact) mass is 351 g/mol. The summed E-state index contributed by atoms with van der Waals surface area (Å²) in [4.78, 5) is 15.2. The number of hydrazine groups is 1. The zero-order valence-corrected chi connectivity index (χ0v) is 14.2. The average molecular weight is 351 g/mol. The Balaban J connectivity index is 1.60. The van der Waals surface area contributed by atoms with Crippen molar-refractivity contribution in [2.24, 2.45) is 11.7 Å². The van der Waals surface area contributed by atoms with Gasteiger partial charge in [0.05, 0.1) is 18.7 Å². The SMILES string of the molecule is NC(=O)CN1CCN(CC2CNNC2c2ccc(F)cc2)CC(O)C1. The summed E-state index contributed by atoms with van der Waals surface area (Å²) in [5.74, 6) is -0.307. The number of nitrogens with zero attached hydrogens (tertiary/aromatic N) is 2. The standard InChI is InChI=1S/C17H26FN5O2/c18-14-3-1-12(2-4-14)17-13(7-20-21-17)8-22-5-6-23(11-16(19)25)10-15(24)9-22/h1-4,13,15,17,20-21,24H,5-11H2,(H2,19,25). The molecule has 3 rings (SSSR count). The number of hydrogen-bond donors (Lipinski definition) is 4. The number of nitrogens with one attached hydrogen (secondary N) is 2. The number of aliphatic hydroxyl groups is 1. The molecule has 2 fully saturated rings. The van der Waals surface area contributed by atoms with E-state index in [1.807, 2.05) is 4.90 Å². The molecule has 1 aromatic rings. The molecule has 0 aliphatic carbocycles. The van der Waals surface area contributed by atoms with Gasteiger partial charge in [-0.2, -0.15) is 0 Å². The van der Waals surface area contributed by atoms with Gasteiger partial charge in [0.25, 0.3) is 0 Å². The molecular formula is C17H26FN5O2. The Morgan fingerprint density at radius 3 is 2.64 bits per heavy atom. The zero-order chi connectivity index (χ0) is 17.8. The Labute approximate surface area is 146 Å². The highest BCUT2D eigenvalue weighted by Gasteiger charge is 2.31. The maximum absolute atomic E-state index is 13.1. The van der Waals surface area contributed by atoms with E-state index in [2.05, 4.69) is 15.8 Å². The molecule has 1 aromatic carbocycles. The third-order valence-electron chi connectivity index (χ3n) is 4.86. The summed E-state index contributed by atoms with van der Waals surface area (Å²) in [6, 6.07) is 6.66. The first-order valence-corrected chi connectivity index (χ1v) is 8.66. The van der Waals surface area contributed by atoms with Gasteiger partial charge in [-0.3, -0.25) is 20.0 Å². The van der Waals surface area contributed by atoms with Crippen molar-refractivity contribution >= 4 is 5.91 Å². The van der Waals surface area contributed by atoms with Crippen LogP contribution in [0.3, 0.4) is 0 Å². The van der Waals surface area contributed by atoms with Crippen LogP contribution in [0.25, 0.3) is 0 Å². The molecule has 8 heteroatoms. The van der Waals surface area contributed by atoms with E-state index >= 15 is 0 Å². The Morgan fingerprint density at radius 2 is 1.92 bits per heavy atom. The summed E-state index contributed by atoms with van der Waals surface area (Å²) in [5.41, 5.74) is 12.7. The highest BCUT2D eigenvalue weighted by Crippen LogP contribution is 2.26. The van der Waals surface area contributed by atoms with Crippen LogP contribution >= 0.6 is 0 Å². The van der Waals surface area contributed by atoms with Gasteiger partial charge in [0.2, 0.25) is 5.91 Å². The topological polar surface area (TPSA) is 93.9 Å². The highest BCUT2D eigenvalue weighted by atomic mass is 19.1. The second kappa shape index (κ2) is 8.20. The fourth-order valence-corrected chi connectivity index (χ4v) is 3.71. The van der Waals surface area contributed by atoms with Gasteiger partial charge in [0.15, 0.2) is 0 Å². The van der Waals surface area contributed by atoms with Gasteiger partial charge < -0.3 is 10.8 Å². The van der Waals surface area contributed by atoms with E-state index in [-0.39, 0.29) is 24.3 Å². The van der Waals surface area contributed by atoms with E-state index < -0.39 is 6.10 Å². The minimum absolute atomic E-state index is 0.0997. The largest absolute Gasteiger partial charge is 0.390 e. The van der Waals surface area contributed by atoms with Crippen LogP contribution in [0.5, 0.6) is 0 Å². The average Bonchev–Trinajstić information content (AvgIpc) is 2.93. The van der Waals surface area contributed by atoms with Crippen molar-refractivity contribution in [2.45, 2.75) is 12.1 Å². The number of primary amides is 1. The third-order valence-corrected chi connectivity index (χ3v) is 4.86. The van der Waals surface area contributed by atoms with Crippen molar-refractivity contribution in [1.29, 1.82) is 0 Å². The maximum Gasteiger partial charge on any atom is 0.231 e. The third kappa shape index (κ3) is 4.96. The van der Waals surface area contributed by atoms with E-state index in [4.69, 9.17) is 5.73 Å². The highest BCUT2D eigenvalue weighted by molar-refractivity contribution is 5.75. The van der Waals surface area contributed by atoms with Crippen molar-refractivity contribution in [1.82, 2.24) is 20.7 Å². The van der Waals surface area contributed by atoms with Gasteiger partial charge in [-0.05, 0) is 17.7 Å². The fourth-order valence-electron chi connectivity index (χ4n) is 3.71. The van der Waals surface area contributed by atoms with Crippen molar-refractivity contribution < 1.29 is 14.3 Å². The zero-order valence-electron chi connectivity index (χ0n) is 14.2. The molecule has 1 amide bonds. The number of amides is 1. The molecule has 2 heterocycles. The quantitative estimate of drug-likeness (QED) is 0.547. The normalized spacial score (nSPS) is 28.8. The molecule has 138 valence electrons. The Kier molecular flexibility index (Phi) is 5.98. The molecule has 0 radical (unpaired) electrons. The molecule has 7 nitrogen and oxygen atoms in total. The molecule has 0 bridgehead atoms. The van der Waals surface area contributed by atoms with E-state index in [9.17, 15) is 14.3 Å². The second-order valence-corrected chi connectivity index (χ2v) is 6.93. The molecule has 0 saturated carbocycles. The van der Waals surface area contributed by atoms with Gasteiger partial charge in [0.1, 0.15) is 5.82 Å². The van der Waals surface area contributed by atoms with Crippen LogP contribution in [0.4, 0.5) is 4.39 Å². The molecule has 25 heavy (non-hydrogen) atoms. The van der Waals surface area contributed by atoms with Crippen LogP contribution < -0.4 is 16.6 Å². The van der Waals surface area contributed by atoms with Crippen LogP contribution in [-0.2, 0) is 4.79 Å². The number of halogens is 1. The van der Waals surface area contributed by atoms with Crippen LogP contribution in [0.1, 0.15) is 11.6 Å². The lowest BCUT2D eigenvalue weighted by molar-refractivity contribution is -0.119. The molecule has 0 aromatic heterocycles. The lowest BCUT2D eigenvalue weighted by Crippen LogP contribution is -2.38. The number of nitrogens with two attached hydrogens (primary N) is 1. The summed E-state index contributed by atoms with van der Waals surface area (Å²) >= 11 is 0. The molecule has 3 unspecified atom stereocenters. The van der Waals surface area contributed by atoms with Crippen LogP contribution in [0, 0.1) is 11.7 Å². The van der Waals surface area contributed by atoms with Crippen LogP contribution in [0.15, 0.2) is 24.3 Å². The molecule has 5 N–H and O–H groups in total. The first-order valence-electron chi connectivity index (χ1n) is 8.66. The minimum atomic E-state index is -0.506. The summed E-state index contributed by atoms with van der Waals surface area (Å²) in [7, 11) is 0. The van der Waals surface area contributed by atoms with Gasteiger partial charge in [-0.15, -0.1) is 0 Å². The van der Waals surface area contributed by atoms with E-state index in [1.165, 1.54) is 12.1 Å². The van der Waals surface area contributed by atoms with Gasteiger partial charge in [-0.1, -0.05) is 12.1 Å². The predicted octanol–water partition coefficient (Wildman–Crippen LogP) is -0.945. The Morgan fingerprint density at radius 1 is 1.24 bits per heavy atom. The molecule has 2 saturated heterocycles. The molecular weight excluding hydrogens is 325 g/mol. The molecule has 3 atom stereocenters. The second-order valence-electron chi connectivity index (χ2n) is 6.93. The molecule has 2 aliphatic heterocycles. The van der Waals surface area contributed by atoms with E-state index in [0.29, 0.717) is 25.6 Å². The van der Waals surface area contributed by atoms with Gasteiger partial charge in [0, 0.05) is 45.2 Å². The smallest absolute Gasteiger partial charge is 0.231 e. The minimum Gasteiger partial charge on any atom is -0.390 e. The van der Waals surface area contributed by atoms with E-state index in [0.717, 1.165) is 25.2 Å². The fraction of sp³-hybridized carbons (Fsp3) is 0.588. The summed E-state index contributed by atoms with van der Waals surface area (Å²) < 4.78 is 13.1. The van der Waals surface area contributed by atoms with Gasteiger partial charge in [-0.25, -0.2) is 9.82 Å². The first-order chi connectivity index (χ1) is 12.0. The summed E-state index contributed by atoms with van der Waals surface area (Å²) in [6.45, 7) is 4.30. The van der Waals surface area contributed by atoms with Gasteiger partial charge >= 0.3 is 0 Å². The number of carbonyl (C=O) groups is 1. The lowest BCUT2D eigenvalue weighted by Gasteiger charge is -2.27. The number of hydrogen-bond acceptors (Lipinski definition) is 6. The number of aliphatic hydroxyl groups excluding tert-OH is 1. The maximum atomic E-state index is 13.1. The molecule has 2 aliphatic rings. The molecule has 0 spiro atoms. The Hall–Kier alpha value is -1.58.